The van der Waals surface area contributed by atoms with Gasteiger partial charge in [0.25, 0.3) is 0 Å². The van der Waals surface area contributed by atoms with E-state index in [0.717, 1.165) is 12.8 Å². The summed E-state index contributed by atoms with van der Waals surface area (Å²) in [5, 5.41) is 2.73. The zero-order valence-corrected chi connectivity index (χ0v) is 9.92. The monoisotopic (exact) mass is 261 g/mol. The van der Waals surface area contributed by atoms with Gasteiger partial charge in [-0.25, -0.2) is 4.98 Å². The van der Waals surface area contributed by atoms with Crippen LogP contribution >= 0.6 is 0 Å². The molecule has 1 aliphatic rings. The number of rotatable bonds is 5. The Kier molecular flexibility index (Phi) is 3.58. The third kappa shape index (κ3) is 3.48. The van der Waals surface area contributed by atoms with Crippen molar-refractivity contribution in [1.82, 2.24) is 9.97 Å². The lowest BCUT2D eigenvalue weighted by Gasteiger charge is -2.11. The normalized spacial score (nSPS) is 15.6. The maximum Gasteiger partial charge on any atom is 0.451 e. The van der Waals surface area contributed by atoms with Crippen molar-refractivity contribution in [3.8, 4) is 5.88 Å². The third-order valence-corrected chi connectivity index (χ3v) is 2.48. The molecule has 0 aliphatic heterocycles. The van der Waals surface area contributed by atoms with Crippen molar-refractivity contribution in [2.45, 2.75) is 25.9 Å². The van der Waals surface area contributed by atoms with Gasteiger partial charge in [-0.3, -0.25) is 0 Å². The molecular weight excluding hydrogens is 247 g/mol. The van der Waals surface area contributed by atoms with Gasteiger partial charge in [-0.2, -0.15) is 18.2 Å². The number of nitrogens with zero attached hydrogens (tertiary/aromatic N) is 2. The van der Waals surface area contributed by atoms with Crippen LogP contribution in [0.1, 0.15) is 25.6 Å². The molecule has 1 aromatic heterocycles. The molecule has 1 saturated carbocycles. The molecular formula is C11H14F3N3O. The predicted octanol–water partition coefficient (Wildman–Crippen LogP) is 2.72. The summed E-state index contributed by atoms with van der Waals surface area (Å²) < 4.78 is 43.0. The molecule has 0 atom stereocenters. The van der Waals surface area contributed by atoms with Crippen LogP contribution in [-0.2, 0) is 6.18 Å². The van der Waals surface area contributed by atoms with Gasteiger partial charge in [0, 0.05) is 12.6 Å². The number of hydrogen-bond donors (Lipinski definition) is 1. The maximum atomic E-state index is 12.6. The van der Waals surface area contributed by atoms with Gasteiger partial charge in [0.15, 0.2) is 0 Å². The molecule has 1 aliphatic carbocycles. The molecule has 7 heteroatoms. The number of aromatic nitrogens is 2. The molecule has 1 aromatic rings. The number of nitrogens with one attached hydrogen (secondary N) is 1. The molecule has 100 valence electrons. The Balaban J connectivity index is 2.17. The summed E-state index contributed by atoms with van der Waals surface area (Å²) >= 11 is 0. The van der Waals surface area contributed by atoms with Crippen molar-refractivity contribution in [1.29, 1.82) is 0 Å². The molecule has 0 saturated heterocycles. The minimum atomic E-state index is -4.57. The van der Waals surface area contributed by atoms with E-state index in [0.29, 0.717) is 19.1 Å². The standard InChI is InChI=1S/C11H14F3N3O/c1-2-15-8-5-9(18-6-7-3-4-7)17-10(16-8)11(12,13)14/h5,7H,2-4,6H2,1H3,(H,15,16,17). The van der Waals surface area contributed by atoms with Crippen LogP contribution in [0.3, 0.4) is 0 Å². The summed E-state index contributed by atoms with van der Waals surface area (Å²) in [7, 11) is 0. The van der Waals surface area contributed by atoms with Crippen molar-refractivity contribution in [2.24, 2.45) is 5.92 Å². The van der Waals surface area contributed by atoms with E-state index < -0.39 is 12.0 Å². The highest BCUT2D eigenvalue weighted by Gasteiger charge is 2.35. The largest absolute Gasteiger partial charge is 0.477 e. The second-order valence-electron chi connectivity index (χ2n) is 4.20. The third-order valence-electron chi connectivity index (χ3n) is 2.48. The highest BCUT2D eigenvalue weighted by Crippen LogP contribution is 2.31. The van der Waals surface area contributed by atoms with E-state index in [4.69, 9.17) is 4.74 Å². The zero-order chi connectivity index (χ0) is 13.2. The van der Waals surface area contributed by atoms with Crippen molar-refractivity contribution in [2.75, 3.05) is 18.5 Å². The van der Waals surface area contributed by atoms with Crippen LogP contribution in [0.4, 0.5) is 19.0 Å². The molecule has 0 spiro atoms. The van der Waals surface area contributed by atoms with E-state index in [1.54, 1.807) is 6.92 Å². The van der Waals surface area contributed by atoms with Crippen molar-refractivity contribution < 1.29 is 17.9 Å². The van der Waals surface area contributed by atoms with Crippen LogP contribution in [0, 0.1) is 5.92 Å². The summed E-state index contributed by atoms with van der Waals surface area (Å²) in [6, 6.07) is 1.39. The first kappa shape index (κ1) is 12.9. The van der Waals surface area contributed by atoms with Gasteiger partial charge < -0.3 is 10.1 Å². The molecule has 2 rings (SSSR count). The first-order valence-corrected chi connectivity index (χ1v) is 5.82. The average Bonchev–Trinajstić information content (AvgIpc) is 3.09. The fourth-order valence-electron chi connectivity index (χ4n) is 1.39. The average molecular weight is 261 g/mol. The summed E-state index contributed by atoms with van der Waals surface area (Å²) in [6.45, 7) is 2.68. The SMILES string of the molecule is CCNc1cc(OCC2CC2)nc(C(F)(F)F)n1. The molecule has 0 unspecified atom stereocenters. The first-order chi connectivity index (χ1) is 8.49. The molecule has 0 radical (unpaired) electrons. The van der Waals surface area contributed by atoms with Crippen LogP contribution in [0.5, 0.6) is 5.88 Å². The lowest BCUT2D eigenvalue weighted by atomic mass is 10.4. The Morgan fingerprint density at radius 3 is 2.67 bits per heavy atom. The number of hydrogen-bond acceptors (Lipinski definition) is 4. The van der Waals surface area contributed by atoms with Gasteiger partial charge in [-0.1, -0.05) is 0 Å². The highest BCUT2D eigenvalue weighted by molar-refractivity contribution is 5.38. The van der Waals surface area contributed by atoms with E-state index in [9.17, 15) is 13.2 Å². The zero-order valence-electron chi connectivity index (χ0n) is 9.92. The molecule has 18 heavy (non-hydrogen) atoms. The minimum Gasteiger partial charge on any atom is -0.477 e. The van der Waals surface area contributed by atoms with Crippen molar-refractivity contribution in [3.63, 3.8) is 0 Å². The summed E-state index contributed by atoms with van der Waals surface area (Å²) in [5.74, 6) is -0.616. The Labute approximate surface area is 103 Å². The van der Waals surface area contributed by atoms with Crippen LogP contribution in [0.2, 0.25) is 0 Å². The summed E-state index contributed by atoms with van der Waals surface area (Å²) in [6.07, 6.45) is -2.43. The number of alkyl halides is 3. The van der Waals surface area contributed by atoms with Crippen molar-refractivity contribution >= 4 is 5.82 Å². The molecule has 1 heterocycles. The number of halogens is 3. The fraction of sp³-hybridized carbons (Fsp3) is 0.636. The van der Waals surface area contributed by atoms with E-state index in [2.05, 4.69) is 15.3 Å². The van der Waals surface area contributed by atoms with Gasteiger partial charge in [0.2, 0.25) is 11.7 Å². The van der Waals surface area contributed by atoms with Crippen LogP contribution < -0.4 is 10.1 Å². The van der Waals surface area contributed by atoms with E-state index >= 15 is 0 Å². The predicted molar refractivity (Wildman–Crippen MR) is 59.4 cm³/mol. The van der Waals surface area contributed by atoms with Crippen LogP contribution in [-0.4, -0.2) is 23.1 Å². The summed E-state index contributed by atoms with van der Waals surface area (Å²) in [4.78, 5) is 6.80. The molecule has 0 bridgehead atoms. The minimum absolute atomic E-state index is 0.0276. The quantitative estimate of drug-likeness (QED) is 0.885. The van der Waals surface area contributed by atoms with Crippen LogP contribution in [0.15, 0.2) is 6.07 Å². The second kappa shape index (κ2) is 4.99. The van der Waals surface area contributed by atoms with Gasteiger partial charge >= 0.3 is 6.18 Å². The lowest BCUT2D eigenvalue weighted by Crippen LogP contribution is -2.14. The molecule has 0 amide bonds. The van der Waals surface area contributed by atoms with E-state index in [1.807, 2.05) is 0 Å². The first-order valence-electron chi connectivity index (χ1n) is 5.82. The smallest absolute Gasteiger partial charge is 0.451 e. The number of ether oxygens (including phenoxy) is 1. The highest BCUT2D eigenvalue weighted by atomic mass is 19.4. The van der Waals surface area contributed by atoms with E-state index in [1.165, 1.54) is 6.07 Å². The maximum absolute atomic E-state index is 12.6. The van der Waals surface area contributed by atoms with Gasteiger partial charge in [-0.05, 0) is 25.7 Å². The molecule has 1 N–H and O–H groups in total. The fourth-order valence-corrected chi connectivity index (χ4v) is 1.39. The molecule has 1 fully saturated rings. The number of anilines is 1. The van der Waals surface area contributed by atoms with Gasteiger partial charge in [-0.15, -0.1) is 0 Å². The van der Waals surface area contributed by atoms with Gasteiger partial charge in [0.05, 0.1) is 6.61 Å². The second-order valence-corrected chi connectivity index (χ2v) is 4.20. The van der Waals surface area contributed by atoms with Crippen LogP contribution in [0.25, 0.3) is 0 Å². The van der Waals surface area contributed by atoms with Crippen molar-refractivity contribution in [3.05, 3.63) is 11.9 Å². The topological polar surface area (TPSA) is 47.0 Å². The Hall–Kier alpha value is -1.53. The van der Waals surface area contributed by atoms with Gasteiger partial charge in [0.1, 0.15) is 5.82 Å². The Morgan fingerprint density at radius 2 is 2.11 bits per heavy atom. The Morgan fingerprint density at radius 1 is 1.39 bits per heavy atom. The summed E-state index contributed by atoms with van der Waals surface area (Å²) in [5.41, 5.74) is 0. The molecule has 4 nitrogen and oxygen atoms in total. The molecule has 0 aromatic carbocycles. The van der Waals surface area contributed by atoms with E-state index in [-0.39, 0.29) is 11.7 Å². The lowest BCUT2D eigenvalue weighted by molar-refractivity contribution is -0.145. The Bertz CT molecular complexity index is 418.